The molecule has 0 unspecified atom stereocenters. The predicted molar refractivity (Wildman–Crippen MR) is 111 cm³/mol. The van der Waals surface area contributed by atoms with Gasteiger partial charge in [-0.1, -0.05) is 17.7 Å². The van der Waals surface area contributed by atoms with Gasteiger partial charge in [-0.05, 0) is 49.2 Å². The molecule has 1 saturated heterocycles. The zero-order valence-electron chi connectivity index (χ0n) is 15.8. The second-order valence-corrected chi connectivity index (χ2v) is 8.29. The van der Waals surface area contributed by atoms with Crippen molar-refractivity contribution < 1.29 is 9.53 Å². The lowest BCUT2D eigenvalue weighted by Gasteiger charge is -2.37. The molecule has 1 amide bonds. The molecule has 1 aromatic carbocycles. The van der Waals surface area contributed by atoms with Gasteiger partial charge in [0.25, 0.3) is 5.91 Å². The van der Waals surface area contributed by atoms with E-state index in [4.69, 9.17) is 16.3 Å². The summed E-state index contributed by atoms with van der Waals surface area (Å²) in [7, 11) is 2.15. The quantitative estimate of drug-likeness (QED) is 0.765. The molecule has 1 aliphatic rings. The fraction of sp³-hybridized carbons (Fsp3) is 0.450. The van der Waals surface area contributed by atoms with Crippen molar-refractivity contribution in [2.24, 2.45) is 0 Å². The third-order valence-corrected chi connectivity index (χ3v) is 6.05. The first-order valence-corrected chi connectivity index (χ1v) is 10.4. The number of aryl methyl sites for hydroxylation is 1. The van der Waals surface area contributed by atoms with Crippen LogP contribution in [0.3, 0.4) is 0 Å². The van der Waals surface area contributed by atoms with Gasteiger partial charge in [-0.25, -0.2) is 0 Å². The molecule has 1 fully saturated rings. The third-order valence-electron chi connectivity index (χ3n) is 4.84. The number of rotatable bonds is 7. The van der Waals surface area contributed by atoms with Crippen LogP contribution in [0, 0.1) is 6.92 Å². The maximum Gasteiger partial charge on any atom is 0.258 e. The number of thiophene rings is 1. The number of benzene rings is 1. The van der Waals surface area contributed by atoms with Crippen LogP contribution in [-0.4, -0.2) is 62.1 Å². The standard InChI is InChI=1S/C20H26ClN3O2S/c1-15-12-16(21)5-6-18(15)26-14-20(25)22-13-17(19-4-3-11-27-19)24-9-7-23(2)8-10-24/h3-6,11-12,17H,7-10,13-14H2,1-2H3,(H,22,25)/t17-/m1/s1. The summed E-state index contributed by atoms with van der Waals surface area (Å²) < 4.78 is 5.65. The van der Waals surface area contributed by atoms with E-state index in [0.29, 0.717) is 17.3 Å². The molecule has 0 spiro atoms. The van der Waals surface area contributed by atoms with E-state index in [0.717, 1.165) is 31.7 Å². The van der Waals surface area contributed by atoms with E-state index in [2.05, 4.69) is 39.7 Å². The number of hydrogen-bond donors (Lipinski definition) is 1. The topological polar surface area (TPSA) is 44.8 Å². The van der Waals surface area contributed by atoms with Crippen LogP contribution in [0.2, 0.25) is 5.02 Å². The Labute approximate surface area is 169 Å². The van der Waals surface area contributed by atoms with E-state index in [9.17, 15) is 4.79 Å². The highest BCUT2D eigenvalue weighted by atomic mass is 35.5. The van der Waals surface area contributed by atoms with Gasteiger partial charge in [-0.15, -0.1) is 11.3 Å². The van der Waals surface area contributed by atoms with Crippen LogP contribution in [0.5, 0.6) is 5.75 Å². The molecule has 2 aromatic rings. The van der Waals surface area contributed by atoms with Crippen LogP contribution in [0.4, 0.5) is 0 Å². The van der Waals surface area contributed by atoms with E-state index < -0.39 is 0 Å². The average Bonchev–Trinajstić information content (AvgIpc) is 3.17. The van der Waals surface area contributed by atoms with E-state index in [1.54, 1.807) is 23.5 Å². The zero-order valence-corrected chi connectivity index (χ0v) is 17.4. The summed E-state index contributed by atoms with van der Waals surface area (Å²) in [5.74, 6) is 0.573. The van der Waals surface area contributed by atoms with Crippen LogP contribution in [0.1, 0.15) is 16.5 Å². The Hall–Kier alpha value is -1.60. The molecule has 0 saturated carbocycles. The Kier molecular flexibility index (Phi) is 7.13. The first kappa shape index (κ1) is 20.1. The van der Waals surface area contributed by atoms with Crippen LogP contribution in [0.15, 0.2) is 35.7 Å². The number of nitrogens with zero attached hydrogens (tertiary/aromatic N) is 2. The summed E-state index contributed by atoms with van der Waals surface area (Å²) >= 11 is 7.69. The first-order valence-electron chi connectivity index (χ1n) is 9.14. The highest BCUT2D eigenvalue weighted by Gasteiger charge is 2.25. The minimum Gasteiger partial charge on any atom is -0.484 e. The molecule has 146 valence electrons. The van der Waals surface area contributed by atoms with Gasteiger partial charge in [0.2, 0.25) is 0 Å². The molecule has 27 heavy (non-hydrogen) atoms. The van der Waals surface area contributed by atoms with E-state index >= 15 is 0 Å². The first-order chi connectivity index (χ1) is 13.0. The van der Waals surface area contributed by atoms with Crippen molar-refractivity contribution in [1.29, 1.82) is 0 Å². The smallest absolute Gasteiger partial charge is 0.258 e. The summed E-state index contributed by atoms with van der Waals surface area (Å²) in [6.45, 7) is 6.63. The van der Waals surface area contributed by atoms with Gasteiger partial charge >= 0.3 is 0 Å². The molecule has 0 bridgehead atoms. The summed E-state index contributed by atoms with van der Waals surface area (Å²) in [5.41, 5.74) is 0.921. The number of carbonyl (C=O) groups excluding carboxylic acids is 1. The number of amides is 1. The lowest BCUT2D eigenvalue weighted by atomic mass is 10.1. The van der Waals surface area contributed by atoms with Crippen molar-refractivity contribution in [3.05, 3.63) is 51.2 Å². The van der Waals surface area contributed by atoms with E-state index in [-0.39, 0.29) is 18.6 Å². The van der Waals surface area contributed by atoms with Crippen molar-refractivity contribution in [2.45, 2.75) is 13.0 Å². The highest BCUT2D eigenvalue weighted by Crippen LogP contribution is 2.26. The Morgan fingerprint density at radius 3 is 2.74 bits per heavy atom. The number of ether oxygens (including phenoxy) is 1. The second-order valence-electron chi connectivity index (χ2n) is 6.87. The number of piperazine rings is 1. The van der Waals surface area contributed by atoms with Gasteiger partial charge in [0.05, 0.1) is 6.04 Å². The van der Waals surface area contributed by atoms with Gasteiger partial charge in [-0.2, -0.15) is 0 Å². The number of likely N-dealkylation sites (N-methyl/N-ethyl adjacent to an activating group) is 1. The number of carbonyl (C=O) groups is 1. The fourth-order valence-corrected chi connectivity index (χ4v) is 4.29. The van der Waals surface area contributed by atoms with E-state index in [1.807, 2.05) is 13.0 Å². The molecular weight excluding hydrogens is 382 g/mol. The third kappa shape index (κ3) is 5.69. The van der Waals surface area contributed by atoms with Crippen LogP contribution in [-0.2, 0) is 4.79 Å². The van der Waals surface area contributed by atoms with Gasteiger partial charge in [0, 0.05) is 42.6 Å². The van der Waals surface area contributed by atoms with Gasteiger partial charge in [0.15, 0.2) is 6.61 Å². The molecule has 2 heterocycles. The molecule has 1 N–H and O–H groups in total. The van der Waals surface area contributed by atoms with Crippen LogP contribution < -0.4 is 10.1 Å². The predicted octanol–water partition coefficient (Wildman–Crippen LogP) is 3.19. The number of hydrogen-bond acceptors (Lipinski definition) is 5. The molecular formula is C20H26ClN3O2S. The molecule has 1 aliphatic heterocycles. The molecule has 3 rings (SSSR count). The van der Waals surface area contributed by atoms with Crippen molar-refractivity contribution in [1.82, 2.24) is 15.1 Å². The molecule has 1 atom stereocenters. The van der Waals surface area contributed by atoms with Crippen molar-refractivity contribution in [3.63, 3.8) is 0 Å². The molecule has 1 aromatic heterocycles. The van der Waals surface area contributed by atoms with Gasteiger partial charge < -0.3 is 15.0 Å². The van der Waals surface area contributed by atoms with E-state index in [1.165, 1.54) is 4.88 Å². The highest BCUT2D eigenvalue weighted by molar-refractivity contribution is 7.10. The Balaban J connectivity index is 1.54. The SMILES string of the molecule is Cc1cc(Cl)ccc1OCC(=O)NC[C@H](c1cccs1)N1CCN(C)CC1. The van der Waals surface area contributed by atoms with Crippen LogP contribution >= 0.6 is 22.9 Å². The molecule has 5 nitrogen and oxygen atoms in total. The largest absolute Gasteiger partial charge is 0.484 e. The Morgan fingerprint density at radius 2 is 2.07 bits per heavy atom. The van der Waals surface area contributed by atoms with Gasteiger partial charge in [0.1, 0.15) is 5.75 Å². The molecule has 7 heteroatoms. The maximum atomic E-state index is 12.3. The summed E-state index contributed by atoms with van der Waals surface area (Å²) in [6, 6.07) is 9.81. The van der Waals surface area contributed by atoms with Gasteiger partial charge in [-0.3, -0.25) is 9.69 Å². The number of halogens is 1. The fourth-order valence-electron chi connectivity index (χ4n) is 3.20. The normalized spacial score (nSPS) is 16.9. The minimum atomic E-state index is -0.111. The molecule has 0 aliphatic carbocycles. The van der Waals surface area contributed by atoms with Crippen molar-refractivity contribution >= 4 is 28.8 Å². The Morgan fingerprint density at radius 1 is 1.30 bits per heavy atom. The maximum absolute atomic E-state index is 12.3. The van der Waals surface area contributed by atoms with Crippen LogP contribution in [0.25, 0.3) is 0 Å². The number of nitrogens with one attached hydrogen (secondary N) is 1. The summed E-state index contributed by atoms with van der Waals surface area (Å²) in [5, 5.41) is 5.79. The Bertz CT molecular complexity index is 746. The van der Waals surface area contributed by atoms with Crippen molar-refractivity contribution in [2.75, 3.05) is 46.4 Å². The minimum absolute atomic E-state index is 0.00235. The zero-order chi connectivity index (χ0) is 19.2. The second kappa shape index (κ2) is 9.55. The monoisotopic (exact) mass is 407 g/mol. The summed E-state index contributed by atoms with van der Waals surface area (Å²) in [4.78, 5) is 18.4. The lowest BCUT2D eigenvalue weighted by molar-refractivity contribution is -0.123. The average molecular weight is 408 g/mol. The van der Waals surface area contributed by atoms with Crippen molar-refractivity contribution in [3.8, 4) is 5.75 Å². The summed E-state index contributed by atoms with van der Waals surface area (Å²) in [6.07, 6.45) is 0. The lowest BCUT2D eigenvalue weighted by Crippen LogP contribution is -2.48. The molecule has 0 radical (unpaired) electrons.